The van der Waals surface area contributed by atoms with Gasteiger partial charge < -0.3 is 4.74 Å². The van der Waals surface area contributed by atoms with Crippen molar-refractivity contribution in [3.05, 3.63) is 53.9 Å². The van der Waals surface area contributed by atoms with Gasteiger partial charge in [-0.3, -0.25) is 0 Å². The first kappa shape index (κ1) is 10.8. The Kier molecular flexibility index (Phi) is 2.26. The molecule has 0 amide bonds. The second-order valence-electron chi connectivity index (χ2n) is 4.66. The van der Waals surface area contributed by atoms with Crippen molar-refractivity contribution in [1.82, 2.24) is 0 Å². The zero-order chi connectivity index (χ0) is 12.8. The molecular weight excluding hydrogens is 252 g/mol. The predicted molar refractivity (Wildman–Crippen MR) is 83.4 cm³/mol. The van der Waals surface area contributed by atoms with E-state index in [1.54, 1.807) is 18.4 Å². The van der Waals surface area contributed by atoms with E-state index in [4.69, 9.17) is 4.74 Å². The number of hydrogen-bond donors (Lipinski definition) is 0. The Morgan fingerprint density at radius 2 is 1.58 bits per heavy atom. The van der Waals surface area contributed by atoms with Crippen LogP contribution >= 0.6 is 11.3 Å². The van der Waals surface area contributed by atoms with E-state index in [-0.39, 0.29) is 0 Å². The third-order valence-corrected chi connectivity index (χ3v) is 4.57. The number of benzene rings is 3. The maximum absolute atomic E-state index is 5.37. The van der Waals surface area contributed by atoms with Crippen molar-refractivity contribution in [2.45, 2.75) is 0 Å². The first-order valence-corrected chi connectivity index (χ1v) is 7.11. The van der Waals surface area contributed by atoms with Crippen LogP contribution in [0.3, 0.4) is 0 Å². The molecule has 4 rings (SSSR count). The fourth-order valence-electron chi connectivity index (χ4n) is 2.67. The van der Waals surface area contributed by atoms with Crippen molar-refractivity contribution in [2.75, 3.05) is 7.11 Å². The van der Waals surface area contributed by atoms with Gasteiger partial charge in [0.1, 0.15) is 5.75 Å². The third kappa shape index (κ3) is 1.53. The lowest BCUT2D eigenvalue weighted by Gasteiger charge is -2.07. The summed E-state index contributed by atoms with van der Waals surface area (Å²) in [7, 11) is 1.72. The maximum Gasteiger partial charge on any atom is 0.119 e. The summed E-state index contributed by atoms with van der Waals surface area (Å²) in [5.41, 5.74) is 0. The molecule has 0 saturated carbocycles. The number of hydrogen-bond acceptors (Lipinski definition) is 2. The van der Waals surface area contributed by atoms with Crippen LogP contribution in [0.2, 0.25) is 0 Å². The number of rotatable bonds is 1. The van der Waals surface area contributed by atoms with Gasteiger partial charge in [-0.1, -0.05) is 30.3 Å². The van der Waals surface area contributed by atoms with Gasteiger partial charge >= 0.3 is 0 Å². The summed E-state index contributed by atoms with van der Waals surface area (Å²) in [4.78, 5) is 0. The van der Waals surface area contributed by atoms with E-state index in [2.05, 4.69) is 47.8 Å². The summed E-state index contributed by atoms with van der Waals surface area (Å²) in [6.45, 7) is 0. The molecule has 19 heavy (non-hydrogen) atoms. The molecule has 0 radical (unpaired) electrons. The SMILES string of the molecule is COc1ccc2ccc3ccc4ccsc4c3c2c1. The minimum atomic E-state index is 0.911. The predicted octanol–water partition coefficient (Wildman–Crippen LogP) is 5.22. The van der Waals surface area contributed by atoms with Gasteiger partial charge in [0.05, 0.1) is 7.11 Å². The molecule has 0 N–H and O–H groups in total. The standard InChI is InChI=1S/C17H12OS/c1-18-14-7-6-11-2-3-12-4-5-13-8-9-19-17(13)16(12)15(11)10-14/h2-10H,1H3. The highest BCUT2D eigenvalue weighted by atomic mass is 32.1. The van der Waals surface area contributed by atoms with Crippen LogP contribution in [0, 0.1) is 0 Å². The van der Waals surface area contributed by atoms with Crippen molar-refractivity contribution < 1.29 is 4.74 Å². The molecule has 0 aliphatic carbocycles. The second kappa shape index (κ2) is 3.97. The van der Waals surface area contributed by atoms with E-state index < -0.39 is 0 Å². The highest BCUT2D eigenvalue weighted by Crippen LogP contribution is 2.36. The molecular formula is C17H12OS. The number of methoxy groups -OCH3 is 1. The molecule has 0 spiro atoms. The van der Waals surface area contributed by atoms with E-state index in [9.17, 15) is 0 Å². The van der Waals surface area contributed by atoms with Gasteiger partial charge in [0.25, 0.3) is 0 Å². The number of ether oxygens (including phenoxy) is 1. The Hall–Kier alpha value is -2.06. The van der Waals surface area contributed by atoms with Crippen LogP contribution in [0.15, 0.2) is 53.9 Å². The van der Waals surface area contributed by atoms with Gasteiger partial charge in [0.15, 0.2) is 0 Å². The highest BCUT2D eigenvalue weighted by Gasteiger charge is 2.07. The third-order valence-electron chi connectivity index (χ3n) is 3.63. The van der Waals surface area contributed by atoms with Crippen LogP contribution < -0.4 is 4.74 Å². The topological polar surface area (TPSA) is 9.23 Å². The Balaban J connectivity index is 2.29. The Bertz CT molecular complexity index is 905. The maximum atomic E-state index is 5.37. The Morgan fingerprint density at radius 1 is 0.842 bits per heavy atom. The first-order valence-electron chi connectivity index (χ1n) is 6.23. The van der Waals surface area contributed by atoms with E-state index >= 15 is 0 Å². The van der Waals surface area contributed by atoms with Crippen molar-refractivity contribution in [3.8, 4) is 5.75 Å². The first-order chi connectivity index (χ1) is 9.36. The van der Waals surface area contributed by atoms with Gasteiger partial charge in [-0.05, 0) is 45.1 Å². The molecule has 3 aromatic carbocycles. The molecule has 1 heterocycles. The van der Waals surface area contributed by atoms with Crippen molar-refractivity contribution >= 4 is 43.0 Å². The Labute approximate surface area is 115 Å². The summed E-state index contributed by atoms with van der Waals surface area (Å²) in [6.07, 6.45) is 0. The largest absolute Gasteiger partial charge is 0.497 e. The zero-order valence-electron chi connectivity index (χ0n) is 10.5. The molecule has 1 aromatic heterocycles. The molecule has 1 nitrogen and oxygen atoms in total. The summed E-state index contributed by atoms with van der Waals surface area (Å²) in [5, 5.41) is 8.62. The van der Waals surface area contributed by atoms with Crippen molar-refractivity contribution in [2.24, 2.45) is 0 Å². The molecule has 0 bridgehead atoms. The summed E-state index contributed by atoms with van der Waals surface area (Å²) in [5.74, 6) is 0.911. The minimum absolute atomic E-state index is 0.911. The molecule has 0 saturated heterocycles. The minimum Gasteiger partial charge on any atom is -0.497 e. The van der Waals surface area contributed by atoms with Crippen LogP contribution in [-0.4, -0.2) is 7.11 Å². The average Bonchev–Trinajstić information content (AvgIpc) is 2.94. The molecule has 0 unspecified atom stereocenters. The van der Waals surface area contributed by atoms with Crippen LogP contribution in [-0.2, 0) is 0 Å². The normalized spacial score (nSPS) is 11.4. The molecule has 4 aromatic rings. The zero-order valence-corrected chi connectivity index (χ0v) is 11.3. The molecule has 92 valence electrons. The number of thiophene rings is 1. The van der Waals surface area contributed by atoms with Gasteiger partial charge in [-0.25, -0.2) is 0 Å². The van der Waals surface area contributed by atoms with Gasteiger partial charge in [0, 0.05) is 10.1 Å². The van der Waals surface area contributed by atoms with Crippen molar-refractivity contribution in [3.63, 3.8) is 0 Å². The van der Waals surface area contributed by atoms with E-state index in [1.807, 2.05) is 6.07 Å². The molecule has 0 aliphatic heterocycles. The lowest BCUT2D eigenvalue weighted by Crippen LogP contribution is -1.83. The summed E-state index contributed by atoms with van der Waals surface area (Å²) in [6, 6.07) is 17.2. The molecule has 0 fully saturated rings. The summed E-state index contributed by atoms with van der Waals surface area (Å²) < 4.78 is 6.73. The fraction of sp³-hybridized carbons (Fsp3) is 0.0588. The van der Waals surface area contributed by atoms with Crippen LogP contribution in [0.1, 0.15) is 0 Å². The van der Waals surface area contributed by atoms with Gasteiger partial charge in [0.2, 0.25) is 0 Å². The Morgan fingerprint density at radius 3 is 2.42 bits per heavy atom. The van der Waals surface area contributed by atoms with Crippen LogP contribution in [0.4, 0.5) is 0 Å². The molecule has 2 heteroatoms. The lowest BCUT2D eigenvalue weighted by molar-refractivity contribution is 0.415. The quantitative estimate of drug-likeness (QED) is 0.428. The van der Waals surface area contributed by atoms with Crippen LogP contribution in [0.5, 0.6) is 5.75 Å². The van der Waals surface area contributed by atoms with Crippen molar-refractivity contribution in [1.29, 1.82) is 0 Å². The fourth-order valence-corrected chi connectivity index (χ4v) is 3.64. The monoisotopic (exact) mass is 264 g/mol. The highest BCUT2D eigenvalue weighted by molar-refractivity contribution is 7.18. The molecule has 0 atom stereocenters. The molecule has 0 aliphatic rings. The van der Waals surface area contributed by atoms with Crippen LogP contribution in [0.25, 0.3) is 31.6 Å². The van der Waals surface area contributed by atoms with Gasteiger partial charge in [-0.15, -0.1) is 11.3 Å². The lowest BCUT2D eigenvalue weighted by atomic mass is 10.0. The second-order valence-corrected chi connectivity index (χ2v) is 5.57. The average molecular weight is 264 g/mol. The smallest absolute Gasteiger partial charge is 0.119 e. The van der Waals surface area contributed by atoms with Gasteiger partial charge in [-0.2, -0.15) is 0 Å². The summed E-state index contributed by atoms with van der Waals surface area (Å²) >= 11 is 1.80. The number of fused-ring (bicyclic) bond motifs is 5. The van der Waals surface area contributed by atoms with E-state index in [0.29, 0.717) is 0 Å². The van der Waals surface area contributed by atoms with E-state index in [1.165, 1.54) is 31.6 Å². The van der Waals surface area contributed by atoms with E-state index in [0.717, 1.165) is 5.75 Å².